The van der Waals surface area contributed by atoms with Crippen LogP contribution in [0.2, 0.25) is 0 Å². The van der Waals surface area contributed by atoms with Crippen molar-refractivity contribution in [2.24, 2.45) is 0 Å². The smallest absolute Gasteiger partial charge is 0.178 e. The van der Waals surface area contributed by atoms with Gasteiger partial charge >= 0.3 is 0 Å². The van der Waals surface area contributed by atoms with Gasteiger partial charge in [0.2, 0.25) is 0 Å². The van der Waals surface area contributed by atoms with Gasteiger partial charge in [-0.2, -0.15) is 0 Å². The second kappa shape index (κ2) is 15.7. The third-order valence-corrected chi connectivity index (χ3v) is 13.5. The maximum atomic E-state index is 7.26. The molecule has 0 N–H and O–H groups in total. The molecule has 1 aromatic heterocycles. The molecule has 1 aliphatic heterocycles. The standard InChI is InChI=1S/C63H40N2O2/c1-5-19-41(20-6-1)47-35-36-51(50-30-14-13-29-49(47)50)56-40-55(64-62(65-56)42-21-7-2-8-22-42)44-24-17-23-43(39-44)48-32-18-34-57-60(48)67-61-58(66-57)38-37-54-59(61)52-31-15-16-33-53(52)63(54,45-25-9-3-10-26-45)46-27-11-4-12-28-46/h1-40H. The summed E-state index contributed by atoms with van der Waals surface area (Å²) in [5, 5.41) is 2.31. The van der Waals surface area contributed by atoms with E-state index in [4.69, 9.17) is 19.4 Å². The van der Waals surface area contributed by atoms with Crippen LogP contribution in [0.1, 0.15) is 22.3 Å². The molecule has 4 nitrogen and oxygen atoms in total. The van der Waals surface area contributed by atoms with Gasteiger partial charge in [-0.15, -0.1) is 0 Å². The van der Waals surface area contributed by atoms with Crippen LogP contribution in [-0.4, -0.2) is 9.97 Å². The topological polar surface area (TPSA) is 44.2 Å². The minimum absolute atomic E-state index is 0.563. The summed E-state index contributed by atoms with van der Waals surface area (Å²) >= 11 is 0. The van der Waals surface area contributed by atoms with E-state index < -0.39 is 5.41 Å². The number of nitrogens with zero attached hydrogens (tertiary/aromatic N) is 2. The van der Waals surface area contributed by atoms with E-state index in [1.165, 1.54) is 33.2 Å². The summed E-state index contributed by atoms with van der Waals surface area (Å²) in [5.74, 6) is 3.41. The average molecular weight is 857 g/mol. The molecule has 314 valence electrons. The molecule has 1 aliphatic carbocycles. The van der Waals surface area contributed by atoms with Crippen molar-refractivity contribution in [1.82, 2.24) is 9.97 Å². The fourth-order valence-corrected chi connectivity index (χ4v) is 10.5. The number of rotatable bonds is 7. The first kappa shape index (κ1) is 38.6. The zero-order valence-electron chi connectivity index (χ0n) is 36.3. The molecule has 0 bridgehead atoms. The van der Waals surface area contributed by atoms with Crippen LogP contribution in [0.3, 0.4) is 0 Å². The summed E-state index contributed by atoms with van der Waals surface area (Å²) in [7, 11) is 0. The van der Waals surface area contributed by atoms with E-state index in [1.807, 2.05) is 30.3 Å². The van der Waals surface area contributed by atoms with Crippen LogP contribution < -0.4 is 9.47 Å². The van der Waals surface area contributed by atoms with E-state index in [9.17, 15) is 0 Å². The quantitative estimate of drug-likeness (QED) is 0.160. The molecule has 2 aliphatic rings. The van der Waals surface area contributed by atoms with Crippen LogP contribution in [0.4, 0.5) is 0 Å². The Hall–Kier alpha value is -8.86. The fourth-order valence-electron chi connectivity index (χ4n) is 10.5. The molecule has 0 unspecified atom stereocenters. The van der Waals surface area contributed by atoms with Crippen LogP contribution in [0.15, 0.2) is 243 Å². The maximum Gasteiger partial charge on any atom is 0.178 e. The predicted octanol–water partition coefficient (Wildman–Crippen LogP) is 16.2. The van der Waals surface area contributed by atoms with Crippen molar-refractivity contribution >= 4 is 10.8 Å². The SMILES string of the molecule is c1ccc(-c2nc(-c3cccc(-c4cccc5c4Oc4c(ccc6c4-c4ccccc4C6(c4ccccc4)c4ccccc4)O5)c3)cc(-c3ccc(-c4ccccc4)c4ccccc34)n2)cc1. The Morgan fingerprint density at radius 3 is 1.61 bits per heavy atom. The monoisotopic (exact) mass is 856 g/mol. The summed E-state index contributed by atoms with van der Waals surface area (Å²) < 4.78 is 14.1. The molecule has 0 saturated carbocycles. The molecule has 0 radical (unpaired) electrons. The van der Waals surface area contributed by atoms with E-state index in [-0.39, 0.29) is 0 Å². The Morgan fingerprint density at radius 1 is 0.313 bits per heavy atom. The number of hydrogen-bond donors (Lipinski definition) is 0. The van der Waals surface area contributed by atoms with Crippen molar-refractivity contribution in [2.45, 2.75) is 5.41 Å². The molecule has 11 aromatic rings. The second-order valence-electron chi connectivity index (χ2n) is 17.2. The predicted molar refractivity (Wildman–Crippen MR) is 271 cm³/mol. The van der Waals surface area contributed by atoms with E-state index >= 15 is 0 Å². The number of hydrogen-bond acceptors (Lipinski definition) is 4. The highest BCUT2D eigenvalue weighted by Crippen LogP contribution is 2.63. The number of aromatic nitrogens is 2. The first-order chi connectivity index (χ1) is 33.2. The Bertz CT molecular complexity index is 3640. The molecule has 0 saturated heterocycles. The molecule has 4 heteroatoms. The van der Waals surface area contributed by atoms with Crippen molar-refractivity contribution in [3.05, 3.63) is 265 Å². The van der Waals surface area contributed by atoms with Crippen LogP contribution in [0.5, 0.6) is 23.0 Å². The van der Waals surface area contributed by atoms with Gasteiger partial charge in [-0.3, -0.25) is 0 Å². The second-order valence-corrected chi connectivity index (χ2v) is 17.2. The minimum Gasteiger partial charge on any atom is -0.449 e. The lowest BCUT2D eigenvalue weighted by molar-refractivity contribution is 0.361. The van der Waals surface area contributed by atoms with Gasteiger partial charge in [-0.1, -0.05) is 218 Å². The first-order valence-electron chi connectivity index (χ1n) is 22.7. The van der Waals surface area contributed by atoms with E-state index in [0.717, 1.165) is 61.3 Å². The molecular weight excluding hydrogens is 817 g/mol. The summed E-state index contributed by atoms with van der Waals surface area (Å²) in [5.41, 5.74) is 15.3. The van der Waals surface area contributed by atoms with E-state index in [2.05, 4.69) is 212 Å². The summed E-state index contributed by atoms with van der Waals surface area (Å²) in [4.78, 5) is 10.5. The summed E-state index contributed by atoms with van der Waals surface area (Å²) in [6, 6.07) is 85.3. The van der Waals surface area contributed by atoms with Gasteiger partial charge in [0.25, 0.3) is 0 Å². The van der Waals surface area contributed by atoms with Gasteiger partial charge < -0.3 is 9.47 Å². The van der Waals surface area contributed by atoms with Crippen molar-refractivity contribution in [1.29, 1.82) is 0 Å². The van der Waals surface area contributed by atoms with Crippen LogP contribution >= 0.6 is 0 Å². The molecule has 0 atom stereocenters. The molecule has 13 rings (SSSR count). The zero-order valence-corrected chi connectivity index (χ0v) is 36.3. The van der Waals surface area contributed by atoms with Gasteiger partial charge in [-0.25, -0.2) is 9.97 Å². The highest BCUT2D eigenvalue weighted by Gasteiger charge is 2.48. The third-order valence-electron chi connectivity index (χ3n) is 13.5. The lowest BCUT2D eigenvalue weighted by atomic mass is 9.68. The number of ether oxygens (including phenoxy) is 2. The van der Waals surface area contributed by atoms with Crippen molar-refractivity contribution in [3.8, 4) is 90.3 Å². The lowest BCUT2D eigenvalue weighted by Crippen LogP contribution is -2.28. The first-order valence-corrected chi connectivity index (χ1v) is 22.7. The van der Waals surface area contributed by atoms with Gasteiger partial charge in [-0.05, 0) is 79.5 Å². The summed E-state index contributed by atoms with van der Waals surface area (Å²) in [6.45, 7) is 0. The molecule has 0 spiro atoms. The Labute approximate surface area is 389 Å². The van der Waals surface area contributed by atoms with Crippen molar-refractivity contribution < 1.29 is 9.47 Å². The third kappa shape index (κ3) is 6.22. The molecule has 10 aromatic carbocycles. The van der Waals surface area contributed by atoms with Crippen LogP contribution in [0.25, 0.3) is 78.1 Å². The molecule has 0 amide bonds. The van der Waals surface area contributed by atoms with Crippen LogP contribution in [0, 0.1) is 0 Å². The Kier molecular flexibility index (Phi) is 9.04. The van der Waals surface area contributed by atoms with E-state index in [0.29, 0.717) is 28.8 Å². The lowest BCUT2D eigenvalue weighted by Gasteiger charge is -2.34. The normalized spacial score (nSPS) is 12.8. The average Bonchev–Trinajstić information content (AvgIpc) is 3.72. The van der Waals surface area contributed by atoms with Crippen molar-refractivity contribution in [3.63, 3.8) is 0 Å². The van der Waals surface area contributed by atoms with Gasteiger partial charge in [0.1, 0.15) is 0 Å². The van der Waals surface area contributed by atoms with E-state index in [1.54, 1.807) is 0 Å². The highest BCUT2D eigenvalue weighted by atomic mass is 16.6. The number of fused-ring (bicyclic) bond motifs is 7. The summed E-state index contributed by atoms with van der Waals surface area (Å²) in [6.07, 6.45) is 0. The van der Waals surface area contributed by atoms with Gasteiger partial charge in [0.05, 0.1) is 16.8 Å². The minimum atomic E-state index is -0.563. The highest BCUT2D eigenvalue weighted by molar-refractivity contribution is 6.05. The molecular formula is C63H40N2O2. The maximum absolute atomic E-state index is 7.26. The zero-order chi connectivity index (χ0) is 44.3. The fraction of sp³-hybridized carbons (Fsp3) is 0.0159. The molecule has 0 fully saturated rings. The van der Waals surface area contributed by atoms with Gasteiger partial charge in [0.15, 0.2) is 28.8 Å². The largest absolute Gasteiger partial charge is 0.449 e. The molecule has 67 heavy (non-hydrogen) atoms. The van der Waals surface area contributed by atoms with Gasteiger partial charge in [0, 0.05) is 27.8 Å². The Morgan fingerprint density at radius 2 is 0.866 bits per heavy atom. The Balaban J connectivity index is 0.944. The van der Waals surface area contributed by atoms with Crippen molar-refractivity contribution in [2.75, 3.05) is 0 Å². The molecule has 2 heterocycles. The number of para-hydroxylation sites is 1. The van der Waals surface area contributed by atoms with Crippen LogP contribution in [-0.2, 0) is 5.41 Å². The number of benzene rings is 10.